The molecule has 0 aliphatic carbocycles. The van der Waals surface area contributed by atoms with Crippen molar-refractivity contribution in [3.8, 4) is 0 Å². The molecule has 1 amide bonds. The molecule has 0 radical (unpaired) electrons. The first-order chi connectivity index (χ1) is 13.0. The van der Waals surface area contributed by atoms with Gasteiger partial charge in [-0.1, -0.05) is 12.1 Å². The number of nitrogens with one attached hydrogen (secondary N) is 1. The van der Waals surface area contributed by atoms with Crippen molar-refractivity contribution < 1.29 is 4.79 Å². The molecule has 1 aromatic carbocycles. The van der Waals surface area contributed by atoms with Gasteiger partial charge in [-0.15, -0.1) is 0 Å². The van der Waals surface area contributed by atoms with E-state index in [0.717, 1.165) is 31.7 Å². The molecular formula is C21H29N5O. The van der Waals surface area contributed by atoms with E-state index in [0.29, 0.717) is 6.42 Å². The lowest BCUT2D eigenvalue weighted by molar-refractivity contribution is -0.127. The van der Waals surface area contributed by atoms with Gasteiger partial charge in [0.25, 0.3) is 0 Å². The number of rotatable bonds is 5. The van der Waals surface area contributed by atoms with E-state index in [2.05, 4.69) is 47.5 Å². The van der Waals surface area contributed by atoms with E-state index >= 15 is 0 Å². The van der Waals surface area contributed by atoms with Crippen LogP contribution in [-0.4, -0.2) is 47.8 Å². The highest BCUT2D eigenvalue weighted by Gasteiger charge is 2.39. The van der Waals surface area contributed by atoms with E-state index in [1.54, 1.807) is 0 Å². The number of fused-ring (bicyclic) bond motifs is 1. The standard InChI is InChI=1S/C21H29N5O/c1-14-18(13-23-26(14)4)21-17(10-20(27)25(21)3)12-22-11-15-5-6-19-16(9-15)7-8-24(19)2/h5-6,9,13,17,21-22H,7-8,10-12H2,1-4H3/t17-,21+/m0/s1. The summed E-state index contributed by atoms with van der Waals surface area (Å²) in [7, 11) is 6.02. The van der Waals surface area contributed by atoms with E-state index in [9.17, 15) is 4.79 Å². The molecule has 2 aliphatic heterocycles. The number of aromatic nitrogens is 2. The van der Waals surface area contributed by atoms with Crippen molar-refractivity contribution in [2.45, 2.75) is 32.4 Å². The Bertz CT molecular complexity index is 858. The fourth-order valence-electron chi connectivity index (χ4n) is 4.54. The van der Waals surface area contributed by atoms with Gasteiger partial charge in [-0.25, -0.2) is 0 Å². The van der Waals surface area contributed by atoms with Crippen LogP contribution in [0.5, 0.6) is 0 Å². The van der Waals surface area contributed by atoms with Crippen LogP contribution in [0.3, 0.4) is 0 Å². The lowest BCUT2D eigenvalue weighted by Gasteiger charge is -2.25. The summed E-state index contributed by atoms with van der Waals surface area (Å²) in [6.45, 7) is 4.84. The number of anilines is 1. The van der Waals surface area contributed by atoms with E-state index in [1.165, 1.54) is 22.4 Å². The van der Waals surface area contributed by atoms with Gasteiger partial charge in [-0.3, -0.25) is 9.48 Å². The molecule has 1 saturated heterocycles. The zero-order valence-corrected chi connectivity index (χ0v) is 16.7. The maximum Gasteiger partial charge on any atom is 0.223 e. The zero-order valence-electron chi connectivity index (χ0n) is 16.7. The largest absolute Gasteiger partial charge is 0.374 e. The van der Waals surface area contributed by atoms with Crippen molar-refractivity contribution in [2.75, 3.05) is 32.1 Å². The predicted molar refractivity (Wildman–Crippen MR) is 107 cm³/mol. The lowest BCUT2D eigenvalue weighted by atomic mass is 9.94. The third-order valence-electron chi connectivity index (χ3n) is 6.29. The number of carbonyl (C=O) groups excluding carboxylic acids is 1. The highest BCUT2D eigenvalue weighted by atomic mass is 16.2. The third-order valence-corrected chi connectivity index (χ3v) is 6.29. The molecule has 2 aromatic rings. The number of likely N-dealkylation sites (tertiary alicyclic amines) is 1. The number of hydrogen-bond donors (Lipinski definition) is 1. The van der Waals surface area contributed by atoms with Crippen LogP contribution >= 0.6 is 0 Å². The molecule has 2 atom stereocenters. The second kappa shape index (κ2) is 7.00. The first-order valence-electron chi connectivity index (χ1n) is 9.73. The summed E-state index contributed by atoms with van der Waals surface area (Å²) in [5.41, 5.74) is 6.41. The Morgan fingerprint density at radius 1 is 1.26 bits per heavy atom. The minimum absolute atomic E-state index is 0.104. The van der Waals surface area contributed by atoms with Crippen molar-refractivity contribution in [2.24, 2.45) is 13.0 Å². The van der Waals surface area contributed by atoms with Crippen LogP contribution in [0.25, 0.3) is 0 Å². The van der Waals surface area contributed by atoms with Crippen molar-refractivity contribution in [3.05, 3.63) is 46.8 Å². The molecule has 144 valence electrons. The molecule has 0 unspecified atom stereocenters. The number of nitrogens with zero attached hydrogens (tertiary/aromatic N) is 4. The average molecular weight is 367 g/mol. The van der Waals surface area contributed by atoms with Crippen LogP contribution in [0.1, 0.15) is 34.8 Å². The van der Waals surface area contributed by atoms with Gasteiger partial charge in [-0.05, 0) is 30.5 Å². The SMILES string of the molecule is Cc1c([C@H]2[C@H](CNCc3ccc4c(c3)CCN4C)CC(=O)N2C)cnn1C. The maximum absolute atomic E-state index is 12.3. The molecule has 6 nitrogen and oxygen atoms in total. The number of amides is 1. The molecule has 0 spiro atoms. The molecule has 1 fully saturated rings. The van der Waals surface area contributed by atoms with Crippen molar-refractivity contribution in [3.63, 3.8) is 0 Å². The van der Waals surface area contributed by atoms with Gasteiger partial charge >= 0.3 is 0 Å². The van der Waals surface area contributed by atoms with Crippen LogP contribution in [0, 0.1) is 12.8 Å². The molecular weight excluding hydrogens is 338 g/mol. The molecule has 3 heterocycles. The fourth-order valence-corrected chi connectivity index (χ4v) is 4.54. The molecule has 0 bridgehead atoms. The summed E-state index contributed by atoms with van der Waals surface area (Å²) in [4.78, 5) is 16.5. The van der Waals surface area contributed by atoms with Crippen LogP contribution < -0.4 is 10.2 Å². The Morgan fingerprint density at radius 3 is 2.81 bits per heavy atom. The Morgan fingerprint density at radius 2 is 2.07 bits per heavy atom. The van der Waals surface area contributed by atoms with Crippen molar-refractivity contribution >= 4 is 11.6 Å². The number of benzene rings is 1. The fraction of sp³-hybridized carbons (Fsp3) is 0.524. The number of aryl methyl sites for hydroxylation is 1. The Labute approximate surface area is 161 Å². The first kappa shape index (κ1) is 18.0. The smallest absolute Gasteiger partial charge is 0.223 e. The van der Waals surface area contributed by atoms with Gasteiger partial charge in [-0.2, -0.15) is 5.10 Å². The van der Waals surface area contributed by atoms with Crippen LogP contribution in [0.2, 0.25) is 0 Å². The van der Waals surface area contributed by atoms with Gasteiger partial charge in [0.15, 0.2) is 0 Å². The molecule has 6 heteroatoms. The molecule has 2 aliphatic rings. The third kappa shape index (κ3) is 3.23. The minimum atomic E-state index is 0.104. The normalized spacial score (nSPS) is 22.0. The monoisotopic (exact) mass is 367 g/mol. The molecule has 0 saturated carbocycles. The summed E-state index contributed by atoms with van der Waals surface area (Å²) in [6.07, 6.45) is 3.64. The Balaban J connectivity index is 1.42. The quantitative estimate of drug-likeness (QED) is 0.879. The summed E-state index contributed by atoms with van der Waals surface area (Å²) < 4.78 is 1.89. The predicted octanol–water partition coefficient (Wildman–Crippen LogP) is 2.03. The second-order valence-corrected chi connectivity index (χ2v) is 7.99. The Kier molecular flexibility index (Phi) is 4.68. The van der Waals surface area contributed by atoms with Gasteiger partial charge in [0.1, 0.15) is 0 Å². The van der Waals surface area contributed by atoms with Gasteiger partial charge in [0.05, 0.1) is 12.2 Å². The topological polar surface area (TPSA) is 53.4 Å². The van der Waals surface area contributed by atoms with Crippen LogP contribution in [-0.2, 0) is 24.8 Å². The van der Waals surface area contributed by atoms with E-state index < -0.39 is 0 Å². The summed E-state index contributed by atoms with van der Waals surface area (Å²) >= 11 is 0. The van der Waals surface area contributed by atoms with Gasteiger partial charge < -0.3 is 15.1 Å². The van der Waals surface area contributed by atoms with Gasteiger partial charge in [0, 0.05) is 70.1 Å². The average Bonchev–Trinajstić information content (AvgIpc) is 3.27. The second-order valence-electron chi connectivity index (χ2n) is 7.99. The molecule has 27 heavy (non-hydrogen) atoms. The zero-order chi connectivity index (χ0) is 19.1. The first-order valence-corrected chi connectivity index (χ1v) is 9.73. The molecule has 1 aromatic heterocycles. The van der Waals surface area contributed by atoms with Crippen molar-refractivity contribution in [1.82, 2.24) is 20.0 Å². The van der Waals surface area contributed by atoms with E-state index in [4.69, 9.17) is 0 Å². The summed E-state index contributed by atoms with van der Waals surface area (Å²) in [6, 6.07) is 6.86. The number of carbonyl (C=O) groups is 1. The van der Waals surface area contributed by atoms with Crippen molar-refractivity contribution in [1.29, 1.82) is 0 Å². The highest BCUT2D eigenvalue weighted by molar-refractivity contribution is 5.79. The number of hydrogen-bond acceptors (Lipinski definition) is 4. The van der Waals surface area contributed by atoms with Crippen LogP contribution in [0.15, 0.2) is 24.4 Å². The van der Waals surface area contributed by atoms with E-state index in [-0.39, 0.29) is 17.9 Å². The highest BCUT2D eigenvalue weighted by Crippen LogP contribution is 2.37. The molecule has 1 N–H and O–H groups in total. The summed E-state index contributed by atoms with van der Waals surface area (Å²) in [5.74, 6) is 0.488. The number of likely N-dealkylation sites (N-methyl/N-ethyl adjacent to an activating group) is 1. The van der Waals surface area contributed by atoms with E-state index in [1.807, 2.05) is 29.9 Å². The minimum Gasteiger partial charge on any atom is -0.374 e. The lowest BCUT2D eigenvalue weighted by Crippen LogP contribution is -2.29. The Hall–Kier alpha value is -2.34. The summed E-state index contributed by atoms with van der Waals surface area (Å²) in [5, 5.41) is 7.97. The maximum atomic E-state index is 12.3. The molecule has 4 rings (SSSR count). The van der Waals surface area contributed by atoms with Gasteiger partial charge in [0.2, 0.25) is 5.91 Å². The van der Waals surface area contributed by atoms with Crippen LogP contribution in [0.4, 0.5) is 5.69 Å².